The van der Waals surface area contributed by atoms with E-state index in [9.17, 15) is 0 Å². The monoisotopic (exact) mass is 254 g/mol. The lowest BCUT2D eigenvalue weighted by atomic mass is 10.2. The van der Waals surface area contributed by atoms with Gasteiger partial charge in [0, 0.05) is 11.1 Å². The number of hydrogen-bond donors (Lipinski definition) is 0. The number of hydrogen-bond acceptors (Lipinski definition) is 3. The van der Waals surface area contributed by atoms with Crippen LogP contribution in [0, 0.1) is 22.7 Å². The third-order valence-corrected chi connectivity index (χ3v) is 2.51. The van der Waals surface area contributed by atoms with Crippen molar-refractivity contribution in [3.8, 4) is 23.6 Å². The molecule has 0 aromatic heterocycles. The van der Waals surface area contributed by atoms with Gasteiger partial charge in [0.1, 0.15) is 17.6 Å². The van der Waals surface area contributed by atoms with Crippen LogP contribution in [0.4, 0.5) is 0 Å². The smallest absolute Gasteiger partial charge is 0.146 e. The van der Waals surface area contributed by atoms with Crippen LogP contribution in [-0.4, -0.2) is 0 Å². The van der Waals surface area contributed by atoms with Gasteiger partial charge in [0.15, 0.2) is 0 Å². The second-order valence-corrected chi connectivity index (χ2v) is 3.93. The molecule has 0 fully saturated rings. The topological polar surface area (TPSA) is 56.8 Å². The van der Waals surface area contributed by atoms with Gasteiger partial charge in [0.2, 0.25) is 0 Å². The molecule has 0 spiro atoms. The Labute approximate surface area is 109 Å². The normalized spacial score (nSPS) is 9.28. The molecule has 2 rings (SSSR count). The lowest BCUT2D eigenvalue weighted by Crippen LogP contribution is -1.88. The zero-order chi connectivity index (χ0) is 13.0. The summed E-state index contributed by atoms with van der Waals surface area (Å²) in [6.07, 6.45) is 0. The first-order chi connectivity index (χ1) is 8.72. The van der Waals surface area contributed by atoms with Crippen molar-refractivity contribution in [3.05, 3.63) is 58.6 Å². The highest BCUT2D eigenvalue weighted by Gasteiger charge is 2.05. The number of nitrogens with zero attached hydrogens (tertiary/aromatic N) is 2. The molecule has 4 heteroatoms. The Bertz CT molecular complexity index is 651. The van der Waals surface area contributed by atoms with Gasteiger partial charge in [-0.15, -0.1) is 0 Å². The summed E-state index contributed by atoms with van der Waals surface area (Å²) >= 11 is 5.86. The van der Waals surface area contributed by atoms with E-state index in [-0.39, 0.29) is 0 Å². The van der Waals surface area contributed by atoms with E-state index in [0.29, 0.717) is 27.6 Å². The van der Waals surface area contributed by atoms with E-state index in [2.05, 4.69) is 0 Å². The first-order valence-electron chi connectivity index (χ1n) is 5.10. The minimum atomic E-state index is 0.398. The fourth-order valence-electron chi connectivity index (χ4n) is 1.40. The van der Waals surface area contributed by atoms with Crippen molar-refractivity contribution in [3.63, 3.8) is 0 Å². The third kappa shape index (κ3) is 2.60. The summed E-state index contributed by atoms with van der Waals surface area (Å²) in [5.74, 6) is 0.947. The summed E-state index contributed by atoms with van der Waals surface area (Å²) in [5.41, 5.74) is 0.956. The van der Waals surface area contributed by atoms with Crippen LogP contribution < -0.4 is 4.74 Å². The van der Waals surface area contributed by atoms with Gasteiger partial charge in [-0.25, -0.2) is 0 Å². The number of rotatable bonds is 2. The molecule has 3 nitrogen and oxygen atoms in total. The number of halogens is 1. The van der Waals surface area contributed by atoms with E-state index in [0.717, 1.165) is 0 Å². The molecule has 0 atom stereocenters. The molecule has 0 radical (unpaired) electrons. The molecule has 2 aromatic rings. The Hall–Kier alpha value is -2.49. The van der Waals surface area contributed by atoms with Crippen LogP contribution >= 0.6 is 11.6 Å². The molecule has 18 heavy (non-hydrogen) atoms. The summed E-state index contributed by atoms with van der Waals surface area (Å²) in [6, 6.07) is 15.5. The van der Waals surface area contributed by atoms with E-state index >= 15 is 0 Å². The molecule has 0 aliphatic heterocycles. The van der Waals surface area contributed by atoms with Gasteiger partial charge < -0.3 is 4.74 Å². The van der Waals surface area contributed by atoms with Crippen molar-refractivity contribution in [1.29, 1.82) is 10.5 Å². The van der Waals surface area contributed by atoms with Gasteiger partial charge in [-0.05, 0) is 36.4 Å². The van der Waals surface area contributed by atoms with Crippen molar-refractivity contribution in [1.82, 2.24) is 0 Å². The SMILES string of the molecule is N#Cc1ccc(Oc2cc(Cl)ccc2C#N)cc1. The van der Waals surface area contributed by atoms with E-state index in [1.165, 1.54) is 0 Å². The average molecular weight is 255 g/mol. The zero-order valence-corrected chi connectivity index (χ0v) is 9.98. The molecule has 0 aliphatic rings. The number of benzene rings is 2. The fourth-order valence-corrected chi connectivity index (χ4v) is 1.56. The largest absolute Gasteiger partial charge is 0.456 e. The summed E-state index contributed by atoms with van der Waals surface area (Å²) in [6.45, 7) is 0. The average Bonchev–Trinajstić information content (AvgIpc) is 2.40. The number of nitriles is 2. The molecule has 0 N–H and O–H groups in total. The molecule has 0 aliphatic carbocycles. The van der Waals surface area contributed by atoms with Gasteiger partial charge in [0.05, 0.1) is 17.2 Å². The second-order valence-electron chi connectivity index (χ2n) is 3.49. The lowest BCUT2D eigenvalue weighted by molar-refractivity contribution is 0.481. The summed E-state index contributed by atoms with van der Waals surface area (Å²) in [5, 5.41) is 18.1. The number of ether oxygens (including phenoxy) is 1. The summed E-state index contributed by atoms with van der Waals surface area (Å²) < 4.78 is 5.56. The minimum Gasteiger partial charge on any atom is -0.456 e. The highest BCUT2D eigenvalue weighted by molar-refractivity contribution is 6.30. The molecule has 86 valence electrons. The van der Waals surface area contributed by atoms with E-state index in [1.807, 2.05) is 12.1 Å². The Kier molecular flexibility index (Phi) is 3.48. The Morgan fingerprint density at radius 1 is 0.944 bits per heavy atom. The van der Waals surface area contributed by atoms with Gasteiger partial charge in [-0.2, -0.15) is 10.5 Å². The Morgan fingerprint density at radius 3 is 2.28 bits per heavy atom. The minimum absolute atomic E-state index is 0.398. The standard InChI is InChI=1S/C14H7ClN2O/c15-12-4-3-11(9-17)14(7-12)18-13-5-1-10(8-16)2-6-13/h1-7H. The summed E-state index contributed by atoms with van der Waals surface area (Å²) in [4.78, 5) is 0. The van der Waals surface area contributed by atoms with Gasteiger partial charge >= 0.3 is 0 Å². The summed E-state index contributed by atoms with van der Waals surface area (Å²) in [7, 11) is 0. The highest BCUT2D eigenvalue weighted by Crippen LogP contribution is 2.28. The van der Waals surface area contributed by atoms with E-state index < -0.39 is 0 Å². The van der Waals surface area contributed by atoms with Crippen molar-refractivity contribution in [2.24, 2.45) is 0 Å². The van der Waals surface area contributed by atoms with Crippen LogP contribution in [0.1, 0.15) is 11.1 Å². The predicted molar refractivity (Wildman–Crippen MR) is 67.4 cm³/mol. The molecular weight excluding hydrogens is 248 g/mol. The van der Waals surface area contributed by atoms with Gasteiger partial charge in [-0.3, -0.25) is 0 Å². The van der Waals surface area contributed by atoms with Crippen LogP contribution in [-0.2, 0) is 0 Å². The predicted octanol–water partition coefficient (Wildman–Crippen LogP) is 3.88. The van der Waals surface area contributed by atoms with Crippen LogP contribution in [0.2, 0.25) is 5.02 Å². The molecule has 2 aromatic carbocycles. The molecule has 0 heterocycles. The maximum atomic E-state index is 8.95. The zero-order valence-electron chi connectivity index (χ0n) is 9.22. The Balaban J connectivity index is 2.31. The van der Waals surface area contributed by atoms with Crippen molar-refractivity contribution >= 4 is 11.6 Å². The third-order valence-electron chi connectivity index (χ3n) is 2.28. The molecular formula is C14H7ClN2O. The first-order valence-corrected chi connectivity index (χ1v) is 5.48. The van der Waals surface area contributed by atoms with Crippen molar-refractivity contribution in [2.75, 3.05) is 0 Å². The Morgan fingerprint density at radius 2 is 1.67 bits per heavy atom. The lowest BCUT2D eigenvalue weighted by Gasteiger charge is -2.07. The molecule has 0 amide bonds. The van der Waals surface area contributed by atoms with E-state index in [1.54, 1.807) is 42.5 Å². The maximum absolute atomic E-state index is 8.95. The van der Waals surface area contributed by atoms with Crippen LogP contribution in [0.3, 0.4) is 0 Å². The molecule has 0 saturated carbocycles. The highest BCUT2D eigenvalue weighted by atomic mass is 35.5. The maximum Gasteiger partial charge on any atom is 0.146 e. The van der Waals surface area contributed by atoms with Crippen LogP contribution in [0.15, 0.2) is 42.5 Å². The van der Waals surface area contributed by atoms with Crippen LogP contribution in [0.25, 0.3) is 0 Å². The quantitative estimate of drug-likeness (QED) is 0.817. The van der Waals surface area contributed by atoms with Gasteiger partial charge in [0.25, 0.3) is 0 Å². The van der Waals surface area contributed by atoms with E-state index in [4.69, 9.17) is 26.9 Å². The molecule has 0 unspecified atom stereocenters. The second kappa shape index (κ2) is 5.23. The molecule has 0 bridgehead atoms. The van der Waals surface area contributed by atoms with Crippen molar-refractivity contribution < 1.29 is 4.74 Å². The fraction of sp³-hybridized carbons (Fsp3) is 0. The van der Waals surface area contributed by atoms with Crippen molar-refractivity contribution in [2.45, 2.75) is 0 Å². The molecule has 0 saturated heterocycles. The van der Waals surface area contributed by atoms with Crippen LogP contribution in [0.5, 0.6) is 11.5 Å². The first kappa shape index (κ1) is 12.0. The van der Waals surface area contributed by atoms with Gasteiger partial charge in [-0.1, -0.05) is 11.6 Å².